The van der Waals surface area contributed by atoms with Crippen molar-refractivity contribution in [2.45, 2.75) is 113 Å². The first kappa shape index (κ1) is 31.8. The van der Waals surface area contributed by atoms with E-state index in [2.05, 4.69) is 39.5 Å². The number of carbonyl (C=O) groups is 2. The van der Waals surface area contributed by atoms with Crippen LogP contribution in [0.15, 0.2) is 21.3 Å². The normalized spacial score (nSPS) is 12.2. The molecular formula is C28H48O4Sn. The van der Waals surface area contributed by atoms with Gasteiger partial charge in [-0.15, -0.1) is 0 Å². The van der Waals surface area contributed by atoms with Crippen molar-refractivity contribution in [1.82, 2.24) is 0 Å². The summed E-state index contributed by atoms with van der Waals surface area (Å²) in [6, 6.07) is 0. The molecule has 188 valence electrons. The molecule has 0 aromatic heterocycles. The molecule has 0 amide bonds. The first-order chi connectivity index (χ1) is 16.0. The third-order valence-electron chi connectivity index (χ3n) is 5.88. The van der Waals surface area contributed by atoms with E-state index in [1.165, 1.54) is 0 Å². The predicted octanol–water partition coefficient (Wildman–Crippen LogP) is 7.55. The second-order valence-corrected chi connectivity index (χ2v) is 21.7. The van der Waals surface area contributed by atoms with E-state index >= 15 is 0 Å². The standard InChI is InChI=1S/C16H21O4.3C4H9.Sn/c1-4-7-8-9-11-14(16(18)20-6-3)12-10-13-15(17)19-5-2;3*1-3-4-2;/h10,12H,4-8H2,1-3H3;3*1,3-4H2,2H3;/b13-10?,14-12+;;;;. The zero-order valence-electron chi connectivity index (χ0n) is 22.2. The molecule has 0 saturated carbocycles. The Bertz CT molecular complexity index is 660. The Labute approximate surface area is 207 Å². The summed E-state index contributed by atoms with van der Waals surface area (Å²) in [6.45, 7) is 13.1. The summed E-state index contributed by atoms with van der Waals surface area (Å²) < 4.78 is 15.2. The van der Waals surface area contributed by atoms with Crippen molar-refractivity contribution in [1.29, 1.82) is 0 Å². The molecule has 0 atom stereocenters. The average Bonchev–Trinajstić information content (AvgIpc) is 2.81. The van der Waals surface area contributed by atoms with Crippen LogP contribution in [0.4, 0.5) is 0 Å². The summed E-state index contributed by atoms with van der Waals surface area (Å²) in [4.78, 5) is 25.8. The van der Waals surface area contributed by atoms with Crippen LogP contribution in [0, 0.1) is 11.8 Å². The molecule has 0 heterocycles. The molecule has 0 N–H and O–H groups in total. The van der Waals surface area contributed by atoms with Crippen LogP contribution in [-0.4, -0.2) is 43.5 Å². The molecule has 0 aliphatic rings. The predicted molar refractivity (Wildman–Crippen MR) is 142 cm³/mol. The van der Waals surface area contributed by atoms with Gasteiger partial charge in [0.25, 0.3) is 0 Å². The number of carbonyl (C=O) groups excluding carboxylic acids is 2. The number of hydrogen-bond donors (Lipinski definition) is 0. The van der Waals surface area contributed by atoms with Crippen LogP contribution in [0.5, 0.6) is 0 Å². The molecule has 0 rings (SSSR count). The Morgan fingerprint density at radius 3 is 1.64 bits per heavy atom. The summed E-state index contributed by atoms with van der Waals surface area (Å²) in [5, 5.41) is 0. The molecule has 0 saturated heterocycles. The van der Waals surface area contributed by atoms with Crippen LogP contribution in [0.3, 0.4) is 0 Å². The maximum atomic E-state index is 13.3. The van der Waals surface area contributed by atoms with Gasteiger partial charge in [0, 0.05) is 0 Å². The van der Waals surface area contributed by atoms with Gasteiger partial charge in [-0.1, -0.05) is 0 Å². The zero-order chi connectivity index (χ0) is 25.0. The molecular weight excluding hydrogens is 519 g/mol. The van der Waals surface area contributed by atoms with Crippen molar-refractivity contribution in [3.8, 4) is 11.8 Å². The van der Waals surface area contributed by atoms with Crippen LogP contribution in [-0.2, 0) is 19.1 Å². The van der Waals surface area contributed by atoms with Gasteiger partial charge in [0.15, 0.2) is 0 Å². The third-order valence-corrected chi connectivity index (χ3v) is 21.4. The minimum absolute atomic E-state index is 0.185. The summed E-state index contributed by atoms with van der Waals surface area (Å²) >= 11 is -3.06. The minimum atomic E-state index is -3.06. The van der Waals surface area contributed by atoms with Crippen molar-refractivity contribution in [2.24, 2.45) is 0 Å². The van der Waals surface area contributed by atoms with Crippen molar-refractivity contribution in [3.63, 3.8) is 0 Å². The molecule has 0 bridgehead atoms. The van der Waals surface area contributed by atoms with Crippen LogP contribution < -0.4 is 0 Å². The molecule has 0 aliphatic carbocycles. The molecule has 0 aromatic rings. The van der Waals surface area contributed by atoms with Crippen molar-refractivity contribution < 1.29 is 19.1 Å². The van der Waals surface area contributed by atoms with Gasteiger partial charge in [0.1, 0.15) is 0 Å². The maximum absolute atomic E-state index is 13.3. The molecule has 0 unspecified atom stereocenters. The van der Waals surface area contributed by atoms with E-state index in [1.807, 2.05) is 13.0 Å². The fourth-order valence-electron chi connectivity index (χ4n) is 3.95. The van der Waals surface area contributed by atoms with E-state index in [1.54, 1.807) is 13.0 Å². The zero-order valence-corrected chi connectivity index (χ0v) is 25.0. The Hall–Kier alpha value is -1.22. The first-order valence-electron chi connectivity index (χ1n) is 13.2. The van der Waals surface area contributed by atoms with Gasteiger partial charge in [0.2, 0.25) is 0 Å². The van der Waals surface area contributed by atoms with E-state index in [9.17, 15) is 9.59 Å². The van der Waals surface area contributed by atoms with Gasteiger partial charge in [-0.05, 0) is 0 Å². The van der Waals surface area contributed by atoms with E-state index in [4.69, 9.17) is 9.47 Å². The van der Waals surface area contributed by atoms with E-state index in [0.717, 1.165) is 74.7 Å². The Kier molecular flexibility index (Phi) is 19.4. The summed E-state index contributed by atoms with van der Waals surface area (Å²) in [5.74, 6) is 5.50. The molecule has 0 aliphatic heterocycles. The molecule has 0 aromatic carbocycles. The second kappa shape index (κ2) is 20.2. The monoisotopic (exact) mass is 568 g/mol. The van der Waals surface area contributed by atoms with Gasteiger partial charge in [0.05, 0.1) is 0 Å². The number of hydrogen-bond acceptors (Lipinski definition) is 4. The van der Waals surface area contributed by atoms with Crippen LogP contribution in [0.25, 0.3) is 0 Å². The molecule has 4 nitrogen and oxygen atoms in total. The fraction of sp³-hybridized carbons (Fsp3) is 0.714. The summed E-state index contributed by atoms with van der Waals surface area (Å²) in [6.07, 6.45) is 13.2. The van der Waals surface area contributed by atoms with Gasteiger partial charge in [-0.2, -0.15) is 0 Å². The van der Waals surface area contributed by atoms with Gasteiger partial charge in [-0.3, -0.25) is 0 Å². The number of unbranched alkanes of at least 4 members (excludes halogenated alkanes) is 5. The van der Waals surface area contributed by atoms with Gasteiger partial charge < -0.3 is 0 Å². The summed E-state index contributed by atoms with van der Waals surface area (Å²) in [7, 11) is 0. The summed E-state index contributed by atoms with van der Waals surface area (Å²) in [5.41, 5.74) is 0.330. The van der Waals surface area contributed by atoms with Crippen molar-refractivity contribution >= 4 is 30.3 Å². The third kappa shape index (κ3) is 12.7. The van der Waals surface area contributed by atoms with E-state index < -0.39 is 24.3 Å². The molecule has 0 radical (unpaired) electrons. The quantitative estimate of drug-likeness (QED) is 0.0455. The van der Waals surface area contributed by atoms with Crippen molar-refractivity contribution in [3.05, 3.63) is 21.3 Å². The molecule has 33 heavy (non-hydrogen) atoms. The fourth-order valence-corrected chi connectivity index (χ4v) is 19.9. The average molecular weight is 567 g/mol. The first-order valence-corrected chi connectivity index (χ1v) is 20.7. The van der Waals surface area contributed by atoms with E-state index in [-0.39, 0.29) is 5.97 Å². The molecule has 0 spiro atoms. The van der Waals surface area contributed by atoms with Gasteiger partial charge in [-0.25, -0.2) is 0 Å². The van der Waals surface area contributed by atoms with Gasteiger partial charge >= 0.3 is 208 Å². The number of esters is 2. The topological polar surface area (TPSA) is 52.6 Å². The number of allylic oxidation sites excluding steroid dienone is 2. The van der Waals surface area contributed by atoms with Crippen LogP contribution in [0.1, 0.15) is 99.3 Å². The molecule has 0 fully saturated rings. The van der Waals surface area contributed by atoms with Crippen molar-refractivity contribution in [2.75, 3.05) is 13.2 Å². The van der Waals surface area contributed by atoms with Crippen LogP contribution >= 0.6 is 0 Å². The molecule has 5 heteroatoms. The van der Waals surface area contributed by atoms with E-state index in [0.29, 0.717) is 18.8 Å². The second-order valence-electron chi connectivity index (χ2n) is 8.60. The Morgan fingerprint density at radius 1 is 0.697 bits per heavy atom. The number of rotatable bonds is 17. The Morgan fingerprint density at radius 2 is 1.18 bits per heavy atom. The SMILES string of the molecule is CCCCC#C/C(=C\C=[C](\C(=O)OCC)[Sn]([CH2]CCC)([CH2]CCC)[CH2]CCC)C(=O)OCC. The Balaban J connectivity index is 6.57. The number of ether oxygens (including phenoxy) is 2. The van der Waals surface area contributed by atoms with Crippen LogP contribution in [0.2, 0.25) is 13.3 Å².